The number of nitrogens with zero attached hydrogens (tertiary/aromatic N) is 4. The SMILES string of the molecule is CCC(C)(O)c1cn(-c2cccc(CNC(=O)c3ccc4cn[nH]c4c3)c2)nn1. The van der Waals surface area contributed by atoms with Crippen molar-refractivity contribution in [2.45, 2.75) is 32.4 Å². The number of H-pyrrole nitrogens is 1. The van der Waals surface area contributed by atoms with Crippen LogP contribution in [0, 0.1) is 0 Å². The van der Waals surface area contributed by atoms with Gasteiger partial charge in [0.15, 0.2) is 0 Å². The van der Waals surface area contributed by atoms with Crippen LogP contribution >= 0.6 is 0 Å². The first-order chi connectivity index (χ1) is 14.0. The number of aromatic amines is 1. The van der Waals surface area contributed by atoms with Gasteiger partial charge in [-0.25, -0.2) is 4.68 Å². The maximum atomic E-state index is 12.5. The molecule has 0 aliphatic rings. The number of carbonyl (C=O) groups excluding carboxylic acids is 1. The van der Waals surface area contributed by atoms with Crippen molar-refractivity contribution in [3.8, 4) is 5.69 Å². The normalized spacial score (nSPS) is 13.3. The van der Waals surface area contributed by atoms with E-state index in [4.69, 9.17) is 0 Å². The quantitative estimate of drug-likeness (QED) is 0.469. The molecule has 2 aromatic heterocycles. The van der Waals surface area contributed by atoms with E-state index in [1.54, 1.807) is 36.1 Å². The van der Waals surface area contributed by atoms with Crippen molar-refractivity contribution >= 4 is 16.8 Å². The summed E-state index contributed by atoms with van der Waals surface area (Å²) >= 11 is 0. The topological polar surface area (TPSA) is 109 Å². The molecule has 0 bridgehead atoms. The zero-order valence-corrected chi connectivity index (χ0v) is 16.3. The first-order valence-electron chi connectivity index (χ1n) is 9.42. The van der Waals surface area contributed by atoms with Crippen LogP contribution in [0.4, 0.5) is 0 Å². The fourth-order valence-corrected chi connectivity index (χ4v) is 2.99. The summed E-state index contributed by atoms with van der Waals surface area (Å²) in [5.41, 5.74) is 2.64. The summed E-state index contributed by atoms with van der Waals surface area (Å²) < 4.78 is 1.62. The zero-order chi connectivity index (χ0) is 20.4. The van der Waals surface area contributed by atoms with Gasteiger partial charge in [0.25, 0.3) is 5.91 Å². The molecular weight excluding hydrogens is 368 g/mol. The lowest BCUT2D eigenvalue weighted by Crippen LogP contribution is -2.22. The lowest BCUT2D eigenvalue weighted by Gasteiger charge is -2.16. The van der Waals surface area contributed by atoms with Crippen molar-refractivity contribution in [2.75, 3.05) is 0 Å². The molecule has 0 aliphatic carbocycles. The van der Waals surface area contributed by atoms with Crippen LogP contribution in [-0.2, 0) is 12.1 Å². The van der Waals surface area contributed by atoms with Gasteiger partial charge < -0.3 is 10.4 Å². The maximum absolute atomic E-state index is 12.5. The van der Waals surface area contributed by atoms with E-state index in [0.29, 0.717) is 24.2 Å². The van der Waals surface area contributed by atoms with E-state index < -0.39 is 5.60 Å². The fourth-order valence-electron chi connectivity index (χ4n) is 2.99. The van der Waals surface area contributed by atoms with E-state index in [9.17, 15) is 9.90 Å². The van der Waals surface area contributed by atoms with Gasteiger partial charge in [-0.1, -0.05) is 30.3 Å². The van der Waals surface area contributed by atoms with Crippen LogP contribution < -0.4 is 5.32 Å². The third kappa shape index (κ3) is 3.88. The van der Waals surface area contributed by atoms with Gasteiger partial charge >= 0.3 is 0 Å². The molecule has 0 fully saturated rings. The van der Waals surface area contributed by atoms with Gasteiger partial charge in [0.05, 0.1) is 23.6 Å². The molecular formula is C21H22N6O2. The minimum absolute atomic E-state index is 0.158. The number of nitrogens with one attached hydrogen (secondary N) is 2. The molecule has 29 heavy (non-hydrogen) atoms. The molecule has 1 amide bonds. The predicted octanol–water partition coefficient (Wildman–Crippen LogP) is 2.69. The Labute approximate surface area is 167 Å². The molecule has 0 saturated carbocycles. The molecule has 4 aromatic rings. The van der Waals surface area contributed by atoms with E-state index >= 15 is 0 Å². The Balaban J connectivity index is 1.47. The van der Waals surface area contributed by atoms with Crippen molar-refractivity contribution in [1.29, 1.82) is 0 Å². The Kier molecular flexibility index (Phi) is 4.85. The summed E-state index contributed by atoms with van der Waals surface area (Å²) in [4.78, 5) is 12.5. The molecule has 1 unspecified atom stereocenters. The molecule has 0 radical (unpaired) electrons. The van der Waals surface area contributed by atoms with Crippen LogP contribution in [0.5, 0.6) is 0 Å². The van der Waals surface area contributed by atoms with Crippen LogP contribution in [0.15, 0.2) is 54.9 Å². The van der Waals surface area contributed by atoms with Crippen LogP contribution in [0.1, 0.15) is 41.9 Å². The lowest BCUT2D eigenvalue weighted by atomic mass is 10.0. The minimum atomic E-state index is -1.01. The predicted molar refractivity (Wildman–Crippen MR) is 108 cm³/mol. The van der Waals surface area contributed by atoms with Crippen LogP contribution in [-0.4, -0.2) is 36.2 Å². The largest absolute Gasteiger partial charge is 0.384 e. The molecule has 1 atom stereocenters. The maximum Gasteiger partial charge on any atom is 0.251 e. The molecule has 2 aromatic carbocycles. The number of hydrogen-bond donors (Lipinski definition) is 3. The van der Waals surface area contributed by atoms with E-state index in [-0.39, 0.29) is 5.91 Å². The highest BCUT2D eigenvalue weighted by molar-refractivity contribution is 5.97. The van der Waals surface area contributed by atoms with Crippen LogP contribution in [0.2, 0.25) is 0 Å². The number of fused-ring (bicyclic) bond motifs is 1. The molecule has 8 nitrogen and oxygen atoms in total. The number of benzene rings is 2. The number of carbonyl (C=O) groups is 1. The molecule has 4 rings (SSSR count). The van der Waals surface area contributed by atoms with Crippen molar-refractivity contribution < 1.29 is 9.90 Å². The second-order valence-electron chi connectivity index (χ2n) is 7.20. The fraction of sp³-hybridized carbons (Fsp3) is 0.238. The Morgan fingerprint density at radius 3 is 2.97 bits per heavy atom. The van der Waals surface area contributed by atoms with E-state index in [1.165, 1.54) is 0 Å². The lowest BCUT2D eigenvalue weighted by molar-refractivity contribution is 0.0484. The summed E-state index contributed by atoms with van der Waals surface area (Å²) in [7, 11) is 0. The molecule has 0 saturated heterocycles. The van der Waals surface area contributed by atoms with Crippen molar-refractivity contribution in [2.24, 2.45) is 0 Å². The molecule has 0 spiro atoms. The zero-order valence-electron chi connectivity index (χ0n) is 16.3. The monoisotopic (exact) mass is 390 g/mol. The number of amides is 1. The van der Waals surface area contributed by atoms with Crippen LogP contribution in [0.25, 0.3) is 16.6 Å². The van der Waals surface area contributed by atoms with Gasteiger partial charge in [0.1, 0.15) is 11.3 Å². The van der Waals surface area contributed by atoms with Crippen molar-refractivity contribution in [1.82, 2.24) is 30.5 Å². The van der Waals surface area contributed by atoms with Gasteiger partial charge in [0.2, 0.25) is 0 Å². The molecule has 0 aliphatic heterocycles. The molecule has 8 heteroatoms. The summed E-state index contributed by atoms with van der Waals surface area (Å²) in [6.45, 7) is 3.99. The second kappa shape index (κ2) is 7.48. The highest BCUT2D eigenvalue weighted by Crippen LogP contribution is 2.22. The Morgan fingerprint density at radius 1 is 1.28 bits per heavy atom. The third-order valence-electron chi connectivity index (χ3n) is 5.07. The summed E-state index contributed by atoms with van der Waals surface area (Å²) in [6.07, 6.45) is 3.99. The summed E-state index contributed by atoms with van der Waals surface area (Å²) in [5, 5.41) is 29.3. The van der Waals surface area contributed by atoms with E-state index in [1.807, 2.05) is 37.3 Å². The number of aromatic nitrogens is 5. The van der Waals surface area contributed by atoms with Gasteiger partial charge in [0, 0.05) is 17.5 Å². The van der Waals surface area contributed by atoms with E-state index in [2.05, 4.69) is 25.8 Å². The van der Waals surface area contributed by atoms with E-state index in [0.717, 1.165) is 22.2 Å². The van der Waals surface area contributed by atoms with Gasteiger partial charge in [-0.15, -0.1) is 5.10 Å². The van der Waals surface area contributed by atoms with Gasteiger partial charge in [-0.3, -0.25) is 9.89 Å². The molecule has 148 valence electrons. The summed E-state index contributed by atoms with van der Waals surface area (Å²) in [6, 6.07) is 13.1. The molecule has 2 heterocycles. The average Bonchev–Trinajstić information content (AvgIpc) is 3.41. The van der Waals surface area contributed by atoms with Gasteiger partial charge in [-0.2, -0.15) is 5.10 Å². The Bertz CT molecular complexity index is 1160. The van der Waals surface area contributed by atoms with Crippen LogP contribution in [0.3, 0.4) is 0 Å². The van der Waals surface area contributed by atoms with Gasteiger partial charge in [-0.05, 0) is 43.2 Å². The highest BCUT2D eigenvalue weighted by Gasteiger charge is 2.24. The summed E-state index contributed by atoms with van der Waals surface area (Å²) in [5.74, 6) is -0.158. The minimum Gasteiger partial charge on any atom is -0.384 e. The second-order valence-corrected chi connectivity index (χ2v) is 7.20. The van der Waals surface area contributed by atoms with Crippen molar-refractivity contribution in [3.63, 3.8) is 0 Å². The number of hydrogen-bond acceptors (Lipinski definition) is 5. The Morgan fingerprint density at radius 2 is 2.14 bits per heavy atom. The Hall–Kier alpha value is -3.52. The average molecular weight is 390 g/mol. The molecule has 3 N–H and O–H groups in total. The number of aliphatic hydroxyl groups is 1. The number of rotatable bonds is 6. The first-order valence-corrected chi connectivity index (χ1v) is 9.42. The third-order valence-corrected chi connectivity index (χ3v) is 5.07. The highest BCUT2D eigenvalue weighted by atomic mass is 16.3. The van der Waals surface area contributed by atoms with Crippen molar-refractivity contribution in [3.05, 3.63) is 71.7 Å². The standard InChI is InChI=1S/C21H22N6O2/c1-3-21(2,29)19-13-27(26-25-19)17-6-4-5-14(9-17)11-22-20(28)15-7-8-16-12-23-24-18(16)10-15/h4-10,12-13,29H,3,11H2,1-2H3,(H,22,28)(H,23,24). The first kappa shape index (κ1) is 18.8. The smallest absolute Gasteiger partial charge is 0.251 e.